The van der Waals surface area contributed by atoms with Crippen molar-refractivity contribution in [2.45, 2.75) is 24.5 Å². The van der Waals surface area contributed by atoms with E-state index in [0.717, 1.165) is 11.3 Å². The van der Waals surface area contributed by atoms with Crippen LogP contribution >= 0.6 is 23.1 Å². The van der Waals surface area contributed by atoms with Gasteiger partial charge in [0, 0.05) is 16.7 Å². The molecule has 1 saturated heterocycles. The normalized spacial score (nSPS) is 19.9. The van der Waals surface area contributed by atoms with Gasteiger partial charge in [-0.15, -0.1) is 32.5 Å². The van der Waals surface area contributed by atoms with E-state index in [1.807, 2.05) is 0 Å². The lowest BCUT2D eigenvalue weighted by atomic mass is 10.0. The summed E-state index contributed by atoms with van der Waals surface area (Å²) in [5.74, 6) is -1.79. The molecule has 1 fully saturated rings. The highest BCUT2D eigenvalue weighted by Crippen LogP contribution is 2.40. The standard InChI is InChI=1S/C19H22N8O6S2/c1-33-24-12(10-8-35-19(21)22-10)15(29)23-13-16(30)27-14(18(31)32)9(7-34-17(13)27)6-25-3-2-11(20)26(25)4-5-28/h2-3,8,13,17,20,28H,4-7H2,1H3,(H4,21,22,23,29,31,32)/p+1. The van der Waals surface area contributed by atoms with Gasteiger partial charge in [-0.3, -0.25) is 14.5 Å². The molecule has 14 nitrogen and oxygen atoms in total. The summed E-state index contributed by atoms with van der Waals surface area (Å²) in [6, 6.07) is 0.688. The average molecular weight is 524 g/mol. The molecule has 2 unspecified atom stereocenters. The Hall–Kier alpha value is -3.63. The molecule has 7 N–H and O–H groups in total. The molecule has 2 atom stereocenters. The Morgan fingerprint density at radius 3 is 2.83 bits per heavy atom. The van der Waals surface area contributed by atoms with Gasteiger partial charge < -0.3 is 31.8 Å². The Morgan fingerprint density at radius 2 is 2.20 bits per heavy atom. The van der Waals surface area contributed by atoms with E-state index in [0.29, 0.717) is 17.1 Å². The highest BCUT2D eigenvalue weighted by atomic mass is 32.2. The minimum absolute atomic E-state index is 0.134. The molecule has 0 saturated carbocycles. The van der Waals surface area contributed by atoms with Crippen molar-refractivity contribution in [3.05, 3.63) is 34.6 Å². The number of carbonyl (C=O) groups excluding carboxylic acids is 2. The predicted molar refractivity (Wildman–Crippen MR) is 126 cm³/mol. The minimum atomic E-state index is -1.25. The Labute approximate surface area is 206 Å². The summed E-state index contributed by atoms with van der Waals surface area (Å²) in [7, 11) is 1.27. The monoisotopic (exact) mass is 523 g/mol. The number of aromatic nitrogens is 3. The molecular formula is C19H23N8O6S2+. The molecule has 0 radical (unpaired) electrons. The minimum Gasteiger partial charge on any atom is -0.477 e. The molecular weight excluding hydrogens is 500 g/mol. The Bertz CT molecular complexity index is 1240. The number of aliphatic carboxylic acids is 1. The van der Waals surface area contributed by atoms with Crippen molar-refractivity contribution in [3.8, 4) is 0 Å². The number of thiazole rings is 1. The Morgan fingerprint density at radius 1 is 1.43 bits per heavy atom. The van der Waals surface area contributed by atoms with Crippen LogP contribution in [0.4, 0.5) is 10.9 Å². The molecule has 0 aliphatic carbocycles. The van der Waals surface area contributed by atoms with Gasteiger partial charge in [0.2, 0.25) is 0 Å². The molecule has 35 heavy (non-hydrogen) atoms. The fourth-order valence-corrected chi connectivity index (χ4v) is 5.75. The summed E-state index contributed by atoms with van der Waals surface area (Å²) in [4.78, 5) is 47.9. The van der Waals surface area contributed by atoms with Gasteiger partial charge >= 0.3 is 5.97 Å². The molecule has 186 valence electrons. The number of nitrogens with zero attached hydrogens (tertiary/aromatic N) is 5. The molecule has 2 amide bonds. The molecule has 16 heteroatoms. The maximum Gasteiger partial charge on any atom is 0.352 e. The van der Waals surface area contributed by atoms with Gasteiger partial charge in [0.1, 0.15) is 36.5 Å². The van der Waals surface area contributed by atoms with Gasteiger partial charge in [-0.05, 0) is 0 Å². The molecule has 0 spiro atoms. The largest absolute Gasteiger partial charge is 0.477 e. The molecule has 0 aromatic carbocycles. The van der Waals surface area contributed by atoms with E-state index in [9.17, 15) is 24.6 Å². The van der Waals surface area contributed by atoms with Crippen LogP contribution in [0.25, 0.3) is 0 Å². The Balaban J connectivity index is 1.54. The molecule has 2 aromatic heterocycles. The van der Waals surface area contributed by atoms with Crippen LogP contribution in [0.5, 0.6) is 0 Å². The number of anilines is 2. The summed E-state index contributed by atoms with van der Waals surface area (Å²) in [5, 5.41) is 26.7. The van der Waals surface area contributed by atoms with E-state index in [4.69, 9.17) is 16.3 Å². The van der Waals surface area contributed by atoms with Crippen molar-refractivity contribution in [2.24, 2.45) is 5.16 Å². The number of fused-ring (bicyclic) bond motifs is 1. The first-order valence-corrected chi connectivity index (χ1v) is 12.2. The van der Waals surface area contributed by atoms with Crippen LogP contribution in [0.15, 0.2) is 34.1 Å². The van der Waals surface area contributed by atoms with Gasteiger partial charge in [-0.25, -0.2) is 9.78 Å². The smallest absolute Gasteiger partial charge is 0.352 e. The van der Waals surface area contributed by atoms with Gasteiger partial charge in [-0.2, -0.15) is 0 Å². The molecule has 2 aromatic rings. The first-order chi connectivity index (χ1) is 16.8. The number of rotatable bonds is 9. The number of oxime groups is 1. The molecule has 4 rings (SSSR count). The van der Waals surface area contributed by atoms with Crippen molar-refractivity contribution in [1.82, 2.24) is 19.9 Å². The van der Waals surface area contributed by atoms with Crippen LogP contribution in [-0.2, 0) is 32.3 Å². The topological polar surface area (TPSA) is 202 Å². The lowest BCUT2D eigenvalue weighted by Crippen LogP contribution is -2.71. The maximum absolute atomic E-state index is 13.0. The zero-order valence-electron chi connectivity index (χ0n) is 18.4. The highest BCUT2D eigenvalue weighted by molar-refractivity contribution is 8.00. The van der Waals surface area contributed by atoms with Gasteiger partial charge in [0.15, 0.2) is 29.4 Å². The van der Waals surface area contributed by atoms with Crippen molar-refractivity contribution >= 4 is 57.5 Å². The van der Waals surface area contributed by atoms with Gasteiger partial charge in [0.25, 0.3) is 11.8 Å². The summed E-state index contributed by atoms with van der Waals surface area (Å²) >= 11 is 2.44. The Kier molecular flexibility index (Phi) is 6.95. The maximum atomic E-state index is 13.0. The molecule has 2 aliphatic rings. The average Bonchev–Trinajstić information content (AvgIpc) is 3.41. The number of aliphatic hydroxyl groups is 1. The summed E-state index contributed by atoms with van der Waals surface area (Å²) in [5.41, 5.74) is 12.0. The van der Waals surface area contributed by atoms with E-state index in [1.165, 1.54) is 29.2 Å². The number of hydrogen-bond acceptors (Lipinski definition) is 11. The number of carbonyl (C=O) groups is 3. The second-order valence-electron chi connectivity index (χ2n) is 7.50. The molecule has 4 heterocycles. The summed E-state index contributed by atoms with van der Waals surface area (Å²) < 4.78 is 3.30. The van der Waals surface area contributed by atoms with Crippen LogP contribution in [-0.4, -0.2) is 79.2 Å². The van der Waals surface area contributed by atoms with Crippen LogP contribution in [0.1, 0.15) is 5.69 Å². The third kappa shape index (κ3) is 4.54. The fourth-order valence-electron chi connectivity index (χ4n) is 3.87. The van der Waals surface area contributed by atoms with Crippen LogP contribution in [0, 0.1) is 0 Å². The quantitative estimate of drug-likeness (QED) is 0.108. The van der Waals surface area contributed by atoms with Gasteiger partial charge in [-0.1, -0.05) is 5.16 Å². The number of carboxylic acid groups (broad SMARTS) is 1. The third-order valence-electron chi connectivity index (χ3n) is 5.39. The summed E-state index contributed by atoms with van der Waals surface area (Å²) in [6.45, 7) is 0.251. The van der Waals surface area contributed by atoms with Crippen molar-refractivity contribution in [3.63, 3.8) is 0 Å². The van der Waals surface area contributed by atoms with Crippen LogP contribution < -0.4 is 21.5 Å². The molecule has 0 bridgehead atoms. The number of β-lactam (4-membered cyclic amide) rings is 1. The van der Waals surface area contributed by atoms with Crippen molar-refractivity contribution in [2.75, 3.05) is 30.9 Å². The second kappa shape index (κ2) is 9.93. The van der Waals surface area contributed by atoms with Crippen LogP contribution in [0.2, 0.25) is 0 Å². The van der Waals surface area contributed by atoms with Crippen molar-refractivity contribution in [1.29, 1.82) is 0 Å². The number of aliphatic hydroxyl groups excluding tert-OH is 1. The fraction of sp³-hybridized carbons (Fsp3) is 0.368. The second-order valence-corrected chi connectivity index (χ2v) is 9.49. The highest BCUT2D eigenvalue weighted by Gasteiger charge is 2.55. The number of thioether (sulfide) groups is 1. The lowest BCUT2D eigenvalue weighted by molar-refractivity contribution is -0.767. The predicted octanol–water partition coefficient (Wildman–Crippen LogP) is -1.82. The van der Waals surface area contributed by atoms with E-state index >= 15 is 0 Å². The van der Waals surface area contributed by atoms with E-state index in [1.54, 1.807) is 21.6 Å². The van der Waals surface area contributed by atoms with Crippen LogP contribution in [0.3, 0.4) is 0 Å². The summed E-state index contributed by atoms with van der Waals surface area (Å²) in [6.07, 6.45) is 1.68. The first-order valence-electron chi connectivity index (χ1n) is 10.3. The van der Waals surface area contributed by atoms with E-state index in [2.05, 4.69) is 15.5 Å². The van der Waals surface area contributed by atoms with E-state index in [-0.39, 0.29) is 41.9 Å². The number of carboxylic acids is 1. The number of hydrogen-bond donors (Lipinski definition) is 5. The van der Waals surface area contributed by atoms with Crippen molar-refractivity contribution < 1.29 is 34.1 Å². The van der Waals surface area contributed by atoms with E-state index < -0.39 is 29.2 Å². The lowest BCUT2D eigenvalue weighted by Gasteiger charge is -2.49. The van der Waals surface area contributed by atoms with Gasteiger partial charge in [0.05, 0.1) is 12.7 Å². The number of nitrogens with two attached hydrogens (primary N) is 2. The zero-order valence-corrected chi connectivity index (χ0v) is 20.1. The molecule has 2 aliphatic heterocycles. The SMILES string of the molecule is CON=C(C(=O)NC1C(=O)N2C(C(=O)O)=C(C[n+]3ccc(N)n3CCO)CSC12)c1csc(N)n1. The zero-order chi connectivity index (χ0) is 25.3. The number of nitrogens with one attached hydrogen (secondary N) is 1. The third-order valence-corrected chi connectivity index (χ3v) is 7.40. The number of amides is 2. The number of nitrogen functional groups attached to an aromatic ring is 2. The first kappa shape index (κ1) is 24.5.